The van der Waals surface area contributed by atoms with Crippen LogP contribution in [0.5, 0.6) is 0 Å². The highest BCUT2D eigenvalue weighted by atomic mass is 19.1. The minimum absolute atomic E-state index is 0.0735. The van der Waals surface area contributed by atoms with Crippen molar-refractivity contribution in [3.8, 4) is 28.3 Å². The van der Waals surface area contributed by atoms with E-state index in [9.17, 15) is 14.4 Å². The number of piperidine rings is 1. The highest BCUT2D eigenvalue weighted by molar-refractivity contribution is 5.99. The van der Waals surface area contributed by atoms with E-state index in [4.69, 9.17) is 5.73 Å². The highest BCUT2D eigenvalue weighted by Crippen LogP contribution is 2.39. The van der Waals surface area contributed by atoms with Crippen LogP contribution in [0.15, 0.2) is 60.8 Å². The summed E-state index contributed by atoms with van der Waals surface area (Å²) < 4.78 is 32.0. The van der Waals surface area contributed by atoms with Crippen molar-refractivity contribution in [2.24, 2.45) is 12.8 Å². The molecule has 2 aliphatic rings. The van der Waals surface area contributed by atoms with Gasteiger partial charge in [-0.1, -0.05) is 12.1 Å². The molecule has 5 nitrogen and oxygen atoms in total. The van der Waals surface area contributed by atoms with Crippen LogP contribution < -0.4 is 5.73 Å². The van der Waals surface area contributed by atoms with Crippen molar-refractivity contribution < 1.29 is 13.6 Å². The molecule has 3 atom stereocenters. The van der Waals surface area contributed by atoms with E-state index in [-0.39, 0.29) is 29.6 Å². The molecule has 186 valence electrons. The molecule has 3 heterocycles. The first kappa shape index (κ1) is 23.4. The van der Waals surface area contributed by atoms with E-state index in [0.717, 1.165) is 36.6 Å². The number of aryl methyl sites for hydroxylation is 1. The standard InChI is InChI=1S/C30H26F2N4O/c1-35-9-8-18-10-26(28(32)15-29(18)35)24-7-4-19(11-25(24)17-2-3-20(16-33)27(31)12-17)30(37)36-22-5-6-23(36)14-21(34)13-22/h2-4,7-12,15,21-23H,5-6,13-14,34H2,1H3/t21-,22-,23+. The van der Waals surface area contributed by atoms with E-state index in [1.807, 2.05) is 34.8 Å². The van der Waals surface area contributed by atoms with Crippen LogP contribution in [0.1, 0.15) is 41.6 Å². The van der Waals surface area contributed by atoms with E-state index in [0.29, 0.717) is 27.8 Å². The van der Waals surface area contributed by atoms with Crippen LogP contribution >= 0.6 is 0 Å². The van der Waals surface area contributed by atoms with E-state index in [1.165, 1.54) is 18.2 Å². The number of carbonyl (C=O) groups is 1. The largest absolute Gasteiger partial charge is 0.350 e. The Kier molecular flexibility index (Phi) is 5.58. The molecular formula is C30H26F2N4O. The van der Waals surface area contributed by atoms with E-state index in [2.05, 4.69) is 0 Å². The Labute approximate surface area is 213 Å². The lowest BCUT2D eigenvalue weighted by Gasteiger charge is -2.38. The van der Waals surface area contributed by atoms with Crippen molar-refractivity contribution in [2.75, 3.05) is 0 Å². The normalized spacial score (nSPS) is 20.8. The number of benzene rings is 3. The molecule has 2 saturated heterocycles. The van der Waals surface area contributed by atoms with Crippen molar-refractivity contribution in [3.63, 3.8) is 0 Å². The maximum Gasteiger partial charge on any atom is 0.254 e. The number of nitriles is 1. The topological polar surface area (TPSA) is 75.1 Å². The predicted molar refractivity (Wildman–Crippen MR) is 139 cm³/mol. The number of fused-ring (bicyclic) bond motifs is 3. The van der Waals surface area contributed by atoms with Crippen molar-refractivity contribution in [2.45, 2.75) is 43.8 Å². The fraction of sp³-hybridized carbons (Fsp3) is 0.267. The molecule has 2 fully saturated rings. The highest BCUT2D eigenvalue weighted by Gasteiger charge is 2.42. The van der Waals surface area contributed by atoms with Crippen LogP contribution in [-0.2, 0) is 7.05 Å². The van der Waals surface area contributed by atoms with Crippen LogP contribution in [0.3, 0.4) is 0 Å². The van der Waals surface area contributed by atoms with Crippen molar-refractivity contribution >= 4 is 16.8 Å². The summed E-state index contributed by atoms with van der Waals surface area (Å²) in [6.45, 7) is 0. The number of nitrogens with two attached hydrogens (primary N) is 1. The molecule has 7 heteroatoms. The Morgan fingerprint density at radius 3 is 2.41 bits per heavy atom. The lowest BCUT2D eigenvalue weighted by Crippen LogP contribution is -2.50. The maximum atomic E-state index is 15.4. The van der Waals surface area contributed by atoms with Crippen LogP contribution in [0.2, 0.25) is 0 Å². The molecular weight excluding hydrogens is 470 g/mol. The molecule has 2 bridgehead atoms. The second kappa shape index (κ2) is 8.82. The molecule has 2 N–H and O–H groups in total. The molecule has 0 unspecified atom stereocenters. The lowest BCUT2D eigenvalue weighted by atomic mass is 9.90. The zero-order valence-corrected chi connectivity index (χ0v) is 20.4. The van der Waals surface area contributed by atoms with E-state index < -0.39 is 11.6 Å². The summed E-state index contributed by atoms with van der Waals surface area (Å²) in [4.78, 5) is 15.7. The molecule has 1 aromatic heterocycles. The van der Waals surface area contributed by atoms with Crippen molar-refractivity contribution in [1.82, 2.24) is 9.47 Å². The van der Waals surface area contributed by atoms with Gasteiger partial charge in [0.1, 0.15) is 17.7 Å². The number of aromatic nitrogens is 1. The fourth-order valence-corrected chi connectivity index (χ4v) is 6.12. The number of rotatable bonds is 3. The summed E-state index contributed by atoms with van der Waals surface area (Å²) in [5.41, 5.74) is 9.27. The van der Waals surface area contributed by atoms with Gasteiger partial charge >= 0.3 is 0 Å². The molecule has 0 radical (unpaired) electrons. The first-order valence-electron chi connectivity index (χ1n) is 12.5. The molecule has 2 aliphatic heterocycles. The Morgan fingerprint density at radius 1 is 0.946 bits per heavy atom. The summed E-state index contributed by atoms with van der Waals surface area (Å²) >= 11 is 0. The van der Waals surface area contributed by atoms with Crippen LogP contribution in [0, 0.1) is 23.0 Å². The number of carbonyl (C=O) groups excluding carboxylic acids is 1. The van der Waals surface area contributed by atoms with Gasteiger partial charge in [-0.05, 0) is 84.8 Å². The van der Waals surface area contributed by atoms with Gasteiger partial charge in [-0.15, -0.1) is 0 Å². The van der Waals surface area contributed by atoms with Crippen molar-refractivity contribution in [3.05, 3.63) is 83.6 Å². The Morgan fingerprint density at radius 2 is 1.70 bits per heavy atom. The zero-order chi connectivity index (χ0) is 25.8. The first-order chi connectivity index (χ1) is 17.8. The monoisotopic (exact) mass is 496 g/mol. The zero-order valence-electron chi connectivity index (χ0n) is 20.4. The third-order valence-corrected chi connectivity index (χ3v) is 7.94. The number of halogens is 2. The van der Waals surface area contributed by atoms with Gasteiger partial charge in [-0.25, -0.2) is 8.78 Å². The van der Waals surface area contributed by atoms with Gasteiger partial charge in [0, 0.05) is 47.9 Å². The predicted octanol–water partition coefficient (Wildman–Crippen LogP) is 5.76. The molecule has 4 aromatic rings. The summed E-state index contributed by atoms with van der Waals surface area (Å²) in [5.74, 6) is -1.16. The summed E-state index contributed by atoms with van der Waals surface area (Å²) in [6, 6.07) is 16.9. The Balaban J connectivity index is 1.50. The molecule has 3 aromatic carbocycles. The quantitative estimate of drug-likeness (QED) is 0.392. The third kappa shape index (κ3) is 3.89. The van der Waals surface area contributed by atoms with Gasteiger partial charge < -0.3 is 15.2 Å². The minimum Gasteiger partial charge on any atom is -0.350 e. The third-order valence-electron chi connectivity index (χ3n) is 7.94. The summed E-state index contributed by atoms with van der Waals surface area (Å²) in [6.07, 6.45) is 5.33. The average molecular weight is 497 g/mol. The van der Waals surface area contributed by atoms with Gasteiger partial charge in [0.25, 0.3) is 5.91 Å². The summed E-state index contributed by atoms with van der Waals surface area (Å²) in [7, 11) is 1.85. The van der Waals surface area contributed by atoms with E-state index >= 15 is 4.39 Å². The molecule has 0 saturated carbocycles. The lowest BCUT2D eigenvalue weighted by molar-refractivity contribution is 0.0575. The van der Waals surface area contributed by atoms with Crippen LogP contribution in [-0.4, -0.2) is 33.5 Å². The molecule has 37 heavy (non-hydrogen) atoms. The van der Waals surface area contributed by atoms with E-state index in [1.54, 1.807) is 30.3 Å². The average Bonchev–Trinajstić information content (AvgIpc) is 3.38. The number of hydrogen-bond donors (Lipinski definition) is 1. The summed E-state index contributed by atoms with van der Waals surface area (Å²) in [5, 5.41) is 10.1. The second-order valence-corrected chi connectivity index (χ2v) is 10.2. The Hall–Kier alpha value is -4.02. The molecule has 6 rings (SSSR count). The van der Waals surface area contributed by atoms with Crippen molar-refractivity contribution in [1.29, 1.82) is 5.26 Å². The Bertz CT molecular complexity index is 1590. The molecule has 0 aliphatic carbocycles. The second-order valence-electron chi connectivity index (χ2n) is 10.2. The SMILES string of the molecule is Cn1ccc2cc(-c3ccc(C(=O)N4[C@@H]5CC[C@H]4C[C@H](N)C5)cc3-c3ccc(C#N)c(F)c3)c(F)cc21. The van der Waals surface area contributed by atoms with Gasteiger partial charge in [0.05, 0.1) is 11.1 Å². The van der Waals surface area contributed by atoms with Gasteiger partial charge in [-0.2, -0.15) is 5.26 Å². The van der Waals surface area contributed by atoms with Crippen LogP contribution in [0.4, 0.5) is 8.78 Å². The smallest absolute Gasteiger partial charge is 0.254 e. The minimum atomic E-state index is -0.662. The van der Waals surface area contributed by atoms with Crippen LogP contribution in [0.25, 0.3) is 33.2 Å². The first-order valence-corrected chi connectivity index (χ1v) is 12.5. The maximum absolute atomic E-state index is 15.4. The molecule has 0 spiro atoms. The molecule has 1 amide bonds. The fourth-order valence-electron chi connectivity index (χ4n) is 6.12. The van der Waals surface area contributed by atoms with Gasteiger partial charge in [0.15, 0.2) is 0 Å². The van der Waals surface area contributed by atoms with Gasteiger partial charge in [0.2, 0.25) is 0 Å². The number of amides is 1. The number of hydrogen-bond acceptors (Lipinski definition) is 3. The number of nitrogens with zero attached hydrogens (tertiary/aromatic N) is 3. The van der Waals surface area contributed by atoms with Gasteiger partial charge in [-0.3, -0.25) is 4.79 Å².